The number of urea groups is 1. The first-order valence-electron chi connectivity index (χ1n) is 8.58. The second-order valence-corrected chi connectivity index (χ2v) is 6.49. The van der Waals surface area contributed by atoms with Gasteiger partial charge in [-0.1, -0.05) is 17.7 Å². The van der Waals surface area contributed by atoms with Crippen molar-refractivity contribution in [3.63, 3.8) is 0 Å². The van der Waals surface area contributed by atoms with Gasteiger partial charge in [0.2, 0.25) is 0 Å². The van der Waals surface area contributed by atoms with Gasteiger partial charge in [-0.25, -0.2) is 9.69 Å². The highest BCUT2D eigenvalue weighted by atomic mass is 16.3. The number of aryl methyl sites for hydroxylation is 1. The van der Waals surface area contributed by atoms with Crippen molar-refractivity contribution in [2.45, 2.75) is 6.92 Å². The number of imide groups is 2. The number of amides is 4. The molecule has 1 saturated heterocycles. The first-order chi connectivity index (χ1) is 13.8. The number of phenols is 1. The molecule has 144 valence electrons. The molecular formula is C21H14N2O6. The zero-order valence-electron chi connectivity index (χ0n) is 15.1. The fraction of sp³-hybridized carbons (Fsp3) is 0.0476. The Kier molecular flexibility index (Phi) is 4.23. The SMILES string of the molecule is Cc1ccc(N2C(=O)NC(=O)C(=Cc3coc4ccc(O)cc4c3=O)C2=O)cc1. The van der Waals surface area contributed by atoms with Crippen molar-refractivity contribution in [1.29, 1.82) is 0 Å². The van der Waals surface area contributed by atoms with Gasteiger partial charge >= 0.3 is 6.03 Å². The van der Waals surface area contributed by atoms with Crippen LogP contribution in [0.4, 0.5) is 10.5 Å². The average molecular weight is 390 g/mol. The van der Waals surface area contributed by atoms with Crippen LogP contribution in [0.1, 0.15) is 11.1 Å². The van der Waals surface area contributed by atoms with E-state index in [1.165, 1.54) is 18.2 Å². The van der Waals surface area contributed by atoms with Gasteiger partial charge in [-0.05, 0) is 43.3 Å². The third-order valence-electron chi connectivity index (χ3n) is 4.48. The number of rotatable bonds is 2. The smallest absolute Gasteiger partial charge is 0.335 e. The molecule has 0 unspecified atom stereocenters. The van der Waals surface area contributed by atoms with Crippen molar-refractivity contribution in [3.05, 3.63) is 75.7 Å². The fourth-order valence-corrected chi connectivity index (χ4v) is 2.98. The highest BCUT2D eigenvalue weighted by Gasteiger charge is 2.37. The lowest BCUT2D eigenvalue weighted by Gasteiger charge is -2.26. The van der Waals surface area contributed by atoms with Crippen LogP contribution in [0.25, 0.3) is 17.0 Å². The first kappa shape index (κ1) is 18.2. The van der Waals surface area contributed by atoms with Crippen LogP contribution < -0.4 is 15.6 Å². The Bertz CT molecular complexity index is 1270. The topological polar surface area (TPSA) is 117 Å². The summed E-state index contributed by atoms with van der Waals surface area (Å²) in [6.07, 6.45) is 2.18. The van der Waals surface area contributed by atoms with E-state index in [0.717, 1.165) is 22.8 Å². The minimum absolute atomic E-state index is 0.0696. The third-order valence-corrected chi connectivity index (χ3v) is 4.48. The highest BCUT2D eigenvalue weighted by molar-refractivity contribution is 6.39. The quantitative estimate of drug-likeness (QED) is 0.513. The molecule has 0 radical (unpaired) electrons. The normalized spacial score (nSPS) is 15.8. The number of aromatic hydroxyl groups is 1. The molecule has 8 nitrogen and oxygen atoms in total. The van der Waals surface area contributed by atoms with Crippen LogP contribution in [-0.4, -0.2) is 23.0 Å². The molecule has 0 saturated carbocycles. The first-order valence-corrected chi connectivity index (χ1v) is 8.58. The summed E-state index contributed by atoms with van der Waals surface area (Å²) in [5.74, 6) is -1.91. The van der Waals surface area contributed by atoms with Crippen molar-refractivity contribution in [2.24, 2.45) is 0 Å². The maximum atomic E-state index is 12.9. The lowest BCUT2D eigenvalue weighted by Crippen LogP contribution is -2.54. The zero-order valence-corrected chi connectivity index (χ0v) is 15.1. The molecule has 1 aliphatic rings. The predicted octanol–water partition coefficient (Wildman–Crippen LogP) is 2.47. The van der Waals surface area contributed by atoms with Crippen LogP contribution in [-0.2, 0) is 9.59 Å². The maximum absolute atomic E-state index is 12.9. The summed E-state index contributed by atoms with van der Waals surface area (Å²) in [7, 11) is 0. The third kappa shape index (κ3) is 3.16. The molecule has 0 bridgehead atoms. The Labute approximate surface area is 163 Å². The van der Waals surface area contributed by atoms with Crippen LogP contribution in [0.2, 0.25) is 0 Å². The molecule has 1 aromatic heterocycles. The van der Waals surface area contributed by atoms with Gasteiger partial charge in [0.05, 0.1) is 16.6 Å². The van der Waals surface area contributed by atoms with Crippen LogP contribution in [0.5, 0.6) is 5.75 Å². The van der Waals surface area contributed by atoms with Crippen LogP contribution in [0, 0.1) is 6.92 Å². The number of nitrogens with one attached hydrogen (secondary N) is 1. The molecule has 8 heteroatoms. The lowest BCUT2D eigenvalue weighted by molar-refractivity contribution is -0.122. The number of anilines is 1. The molecule has 1 fully saturated rings. The summed E-state index contributed by atoms with van der Waals surface area (Å²) in [5.41, 5.74) is 0.464. The summed E-state index contributed by atoms with van der Waals surface area (Å²) < 4.78 is 5.36. The van der Waals surface area contributed by atoms with Gasteiger partial charge in [0.25, 0.3) is 11.8 Å². The molecule has 0 aliphatic carbocycles. The number of benzene rings is 2. The number of carbonyl (C=O) groups excluding carboxylic acids is 3. The van der Waals surface area contributed by atoms with E-state index in [0.29, 0.717) is 0 Å². The van der Waals surface area contributed by atoms with Gasteiger partial charge in [-0.2, -0.15) is 0 Å². The van der Waals surface area contributed by atoms with Crippen molar-refractivity contribution in [2.75, 3.05) is 4.90 Å². The number of phenolic OH excluding ortho intramolecular Hbond substituents is 1. The summed E-state index contributed by atoms with van der Waals surface area (Å²) in [5, 5.41) is 11.8. The minimum atomic E-state index is -0.918. The van der Waals surface area contributed by atoms with Gasteiger partial charge in [0, 0.05) is 0 Å². The Morgan fingerprint density at radius 2 is 1.76 bits per heavy atom. The Balaban J connectivity index is 1.81. The van der Waals surface area contributed by atoms with Crippen molar-refractivity contribution >= 4 is 40.6 Å². The van der Waals surface area contributed by atoms with Gasteiger partial charge in [0.15, 0.2) is 5.43 Å². The second kappa shape index (κ2) is 6.75. The monoisotopic (exact) mass is 390 g/mol. The molecular weight excluding hydrogens is 376 g/mol. The lowest BCUT2D eigenvalue weighted by atomic mass is 10.1. The number of hydrogen-bond donors (Lipinski definition) is 2. The van der Waals surface area contributed by atoms with E-state index in [-0.39, 0.29) is 28.0 Å². The van der Waals surface area contributed by atoms with Crippen molar-refractivity contribution in [3.8, 4) is 5.75 Å². The van der Waals surface area contributed by atoms with E-state index in [4.69, 9.17) is 4.42 Å². The number of fused-ring (bicyclic) bond motifs is 1. The predicted molar refractivity (Wildman–Crippen MR) is 104 cm³/mol. The summed E-state index contributed by atoms with van der Waals surface area (Å²) in [4.78, 5) is 50.8. The average Bonchev–Trinajstić information content (AvgIpc) is 2.68. The van der Waals surface area contributed by atoms with E-state index in [1.807, 2.05) is 6.92 Å². The largest absolute Gasteiger partial charge is 0.508 e. The standard InChI is InChI=1S/C21H14N2O6/c1-11-2-4-13(5-3-11)23-20(27)16(19(26)22-21(23)28)8-12-10-29-17-7-6-14(24)9-15(17)18(12)25/h2-10,24H,1H3,(H,22,26,28). The van der Waals surface area contributed by atoms with Gasteiger partial charge in [0.1, 0.15) is 23.2 Å². The summed E-state index contributed by atoms with van der Waals surface area (Å²) in [6, 6.07) is 9.75. The minimum Gasteiger partial charge on any atom is -0.508 e. The van der Waals surface area contributed by atoms with E-state index < -0.39 is 28.8 Å². The van der Waals surface area contributed by atoms with Gasteiger partial charge in [-0.15, -0.1) is 0 Å². The van der Waals surface area contributed by atoms with Crippen LogP contribution >= 0.6 is 0 Å². The molecule has 29 heavy (non-hydrogen) atoms. The van der Waals surface area contributed by atoms with Gasteiger partial charge in [-0.3, -0.25) is 19.7 Å². The number of hydrogen-bond acceptors (Lipinski definition) is 6. The molecule has 0 spiro atoms. The molecule has 2 N–H and O–H groups in total. The number of barbiturate groups is 1. The van der Waals surface area contributed by atoms with E-state index in [1.54, 1.807) is 24.3 Å². The Morgan fingerprint density at radius 1 is 1.03 bits per heavy atom. The molecule has 1 aliphatic heterocycles. The van der Waals surface area contributed by atoms with Crippen molar-refractivity contribution in [1.82, 2.24) is 5.32 Å². The van der Waals surface area contributed by atoms with Crippen molar-refractivity contribution < 1.29 is 23.9 Å². The molecule has 4 amide bonds. The summed E-state index contributed by atoms with van der Waals surface area (Å²) in [6.45, 7) is 1.85. The molecule has 2 aromatic carbocycles. The fourth-order valence-electron chi connectivity index (χ4n) is 2.98. The molecule has 3 aromatic rings. The Hall–Kier alpha value is -4.20. The van der Waals surface area contributed by atoms with E-state index in [2.05, 4.69) is 5.32 Å². The van der Waals surface area contributed by atoms with Gasteiger partial charge < -0.3 is 9.52 Å². The van der Waals surface area contributed by atoms with E-state index in [9.17, 15) is 24.3 Å². The highest BCUT2D eigenvalue weighted by Crippen LogP contribution is 2.23. The van der Waals surface area contributed by atoms with Crippen LogP contribution in [0.15, 0.2) is 63.5 Å². The maximum Gasteiger partial charge on any atom is 0.335 e. The zero-order chi connectivity index (χ0) is 20.7. The molecule has 4 rings (SSSR count). The Morgan fingerprint density at radius 3 is 2.48 bits per heavy atom. The number of carbonyl (C=O) groups is 3. The van der Waals surface area contributed by atoms with Crippen LogP contribution in [0.3, 0.4) is 0 Å². The van der Waals surface area contributed by atoms with E-state index >= 15 is 0 Å². The number of nitrogens with zero attached hydrogens (tertiary/aromatic N) is 1. The molecule has 0 atom stereocenters. The molecule has 2 heterocycles. The summed E-state index contributed by atoms with van der Waals surface area (Å²) >= 11 is 0. The second-order valence-electron chi connectivity index (χ2n) is 6.49.